The van der Waals surface area contributed by atoms with Crippen molar-refractivity contribution in [3.05, 3.63) is 60.2 Å². The van der Waals surface area contributed by atoms with Crippen molar-refractivity contribution in [3.8, 4) is 5.75 Å². The summed E-state index contributed by atoms with van der Waals surface area (Å²) in [6, 6.07) is 17.6. The lowest BCUT2D eigenvalue weighted by Crippen LogP contribution is -2.50. The van der Waals surface area contributed by atoms with Crippen LogP contribution in [0.2, 0.25) is 0 Å². The van der Waals surface area contributed by atoms with Gasteiger partial charge in [-0.25, -0.2) is 0 Å². The Kier molecular flexibility index (Phi) is 7.93. The van der Waals surface area contributed by atoms with E-state index in [0.717, 1.165) is 36.5 Å². The molecule has 1 saturated heterocycles. The van der Waals surface area contributed by atoms with Gasteiger partial charge in [-0.15, -0.1) is 0 Å². The zero-order chi connectivity index (χ0) is 22.2. The first kappa shape index (κ1) is 22.7. The Labute approximate surface area is 184 Å². The molecule has 3 rings (SSSR count). The molecule has 2 atom stereocenters. The number of amides is 1. The fraction of sp³-hybridized carbons (Fsp3) is 0.440. The summed E-state index contributed by atoms with van der Waals surface area (Å²) >= 11 is 0. The van der Waals surface area contributed by atoms with Crippen molar-refractivity contribution >= 4 is 17.6 Å². The first-order valence-corrected chi connectivity index (χ1v) is 10.9. The highest BCUT2D eigenvalue weighted by molar-refractivity contribution is 5.83. The molecule has 1 fully saturated rings. The van der Waals surface area contributed by atoms with Gasteiger partial charge in [0.2, 0.25) is 0 Å². The molecule has 0 spiro atoms. The van der Waals surface area contributed by atoms with Gasteiger partial charge >= 0.3 is 5.97 Å². The Morgan fingerprint density at radius 1 is 0.968 bits per heavy atom. The Hall–Kier alpha value is -3.02. The molecule has 0 aromatic heterocycles. The fourth-order valence-electron chi connectivity index (χ4n) is 3.91. The van der Waals surface area contributed by atoms with Crippen LogP contribution in [0, 0.1) is 5.92 Å². The Balaban J connectivity index is 1.51. The van der Waals surface area contributed by atoms with Crippen molar-refractivity contribution in [2.24, 2.45) is 5.92 Å². The summed E-state index contributed by atoms with van der Waals surface area (Å²) in [7, 11) is 1.65. The molecule has 0 saturated carbocycles. The maximum atomic E-state index is 12.8. The van der Waals surface area contributed by atoms with Crippen LogP contribution in [-0.4, -0.2) is 56.7 Å². The average Bonchev–Trinajstić information content (AvgIpc) is 2.83. The zero-order valence-electron chi connectivity index (χ0n) is 18.6. The molecule has 31 heavy (non-hydrogen) atoms. The summed E-state index contributed by atoms with van der Waals surface area (Å²) in [6.45, 7) is 6.59. The molecule has 1 amide bonds. The molecule has 1 heterocycles. The number of rotatable bonds is 8. The van der Waals surface area contributed by atoms with Crippen molar-refractivity contribution in [3.63, 3.8) is 0 Å². The third-order valence-electron chi connectivity index (χ3n) is 6.03. The Morgan fingerprint density at radius 2 is 1.61 bits per heavy atom. The van der Waals surface area contributed by atoms with E-state index in [9.17, 15) is 9.59 Å². The maximum Gasteiger partial charge on any atom is 0.314 e. The molecular formula is C25H32N2O4. The normalized spacial score (nSPS) is 15.8. The lowest BCUT2D eigenvalue weighted by molar-refractivity contribution is -0.154. The first-order chi connectivity index (χ1) is 15.0. The molecule has 6 nitrogen and oxygen atoms in total. The lowest BCUT2D eigenvalue weighted by atomic mass is 9.86. The largest absolute Gasteiger partial charge is 0.497 e. The van der Waals surface area contributed by atoms with Crippen LogP contribution in [0.4, 0.5) is 5.69 Å². The van der Waals surface area contributed by atoms with E-state index < -0.39 is 0 Å². The van der Waals surface area contributed by atoms with Gasteiger partial charge in [-0.1, -0.05) is 50.6 Å². The van der Waals surface area contributed by atoms with E-state index in [-0.39, 0.29) is 30.3 Å². The van der Waals surface area contributed by atoms with Crippen molar-refractivity contribution in [2.75, 3.05) is 44.8 Å². The van der Waals surface area contributed by atoms with Gasteiger partial charge in [0.05, 0.1) is 13.0 Å². The van der Waals surface area contributed by atoms with E-state index in [0.29, 0.717) is 13.1 Å². The number of methoxy groups -OCH3 is 1. The highest BCUT2D eigenvalue weighted by Gasteiger charge is 2.29. The summed E-state index contributed by atoms with van der Waals surface area (Å²) in [4.78, 5) is 29.5. The summed E-state index contributed by atoms with van der Waals surface area (Å²) in [5.41, 5.74) is 2.04. The molecule has 2 aromatic rings. The smallest absolute Gasteiger partial charge is 0.314 e. The summed E-state index contributed by atoms with van der Waals surface area (Å²) < 4.78 is 10.7. The van der Waals surface area contributed by atoms with E-state index >= 15 is 0 Å². The number of ether oxygens (including phenoxy) is 2. The van der Waals surface area contributed by atoms with Crippen LogP contribution in [0.3, 0.4) is 0 Å². The molecule has 0 bridgehead atoms. The second-order valence-electron chi connectivity index (χ2n) is 7.95. The maximum absolute atomic E-state index is 12.8. The fourth-order valence-corrected chi connectivity index (χ4v) is 3.91. The van der Waals surface area contributed by atoms with Crippen LogP contribution < -0.4 is 9.64 Å². The van der Waals surface area contributed by atoms with Gasteiger partial charge < -0.3 is 19.3 Å². The number of hydrogen-bond acceptors (Lipinski definition) is 5. The minimum Gasteiger partial charge on any atom is -0.497 e. The van der Waals surface area contributed by atoms with Gasteiger partial charge in [0.25, 0.3) is 5.91 Å². The Morgan fingerprint density at radius 3 is 2.19 bits per heavy atom. The predicted molar refractivity (Wildman–Crippen MR) is 121 cm³/mol. The van der Waals surface area contributed by atoms with Crippen LogP contribution in [0.5, 0.6) is 5.75 Å². The van der Waals surface area contributed by atoms with Crippen LogP contribution >= 0.6 is 0 Å². The SMILES string of the molecule is CCC(C)C(C(=O)OCC(=O)N1CCN(c2ccc(OC)cc2)CC1)c1ccccc1. The molecular weight excluding hydrogens is 392 g/mol. The van der Waals surface area contributed by atoms with Gasteiger partial charge in [0, 0.05) is 31.9 Å². The van der Waals surface area contributed by atoms with E-state index in [1.807, 2.05) is 61.5 Å². The number of carbonyl (C=O) groups excluding carboxylic acids is 2. The number of esters is 1. The summed E-state index contributed by atoms with van der Waals surface area (Å²) in [5, 5.41) is 0. The number of benzene rings is 2. The molecule has 2 aromatic carbocycles. The van der Waals surface area contributed by atoms with E-state index in [1.165, 1.54) is 0 Å². The molecule has 0 radical (unpaired) electrons. The van der Waals surface area contributed by atoms with Gasteiger partial charge in [0.15, 0.2) is 6.61 Å². The van der Waals surface area contributed by atoms with Crippen molar-refractivity contribution in [2.45, 2.75) is 26.2 Å². The monoisotopic (exact) mass is 424 g/mol. The third-order valence-corrected chi connectivity index (χ3v) is 6.03. The minimum atomic E-state index is -0.356. The molecule has 2 unspecified atom stereocenters. The number of carbonyl (C=O) groups is 2. The Bertz CT molecular complexity index is 846. The number of piperazine rings is 1. The van der Waals surface area contributed by atoms with Gasteiger partial charge in [-0.2, -0.15) is 0 Å². The van der Waals surface area contributed by atoms with Gasteiger partial charge in [-0.05, 0) is 35.7 Å². The molecule has 1 aliphatic heterocycles. The highest BCUT2D eigenvalue weighted by atomic mass is 16.5. The minimum absolute atomic E-state index is 0.137. The van der Waals surface area contributed by atoms with Crippen LogP contribution in [0.25, 0.3) is 0 Å². The predicted octanol–water partition coefficient (Wildman–Crippen LogP) is 3.72. The molecule has 0 N–H and O–H groups in total. The van der Waals surface area contributed by atoms with Gasteiger partial charge in [0.1, 0.15) is 5.75 Å². The average molecular weight is 425 g/mol. The number of nitrogens with zero attached hydrogens (tertiary/aromatic N) is 2. The number of anilines is 1. The second-order valence-corrected chi connectivity index (χ2v) is 7.95. The lowest BCUT2D eigenvalue weighted by Gasteiger charge is -2.36. The standard InChI is InChI=1S/C25H32N2O4/c1-4-19(2)24(20-8-6-5-7-9-20)25(29)31-18-23(28)27-16-14-26(15-17-27)21-10-12-22(30-3)13-11-21/h5-13,19,24H,4,14-18H2,1-3H3. The zero-order valence-corrected chi connectivity index (χ0v) is 18.6. The van der Waals surface area contributed by atoms with E-state index in [2.05, 4.69) is 11.8 Å². The summed E-state index contributed by atoms with van der Waals surface area (Å²) in [5.74, 6) is 0.138. The molecule has 0 aliphatic carbocycles. The molecule has 1 aliphatic rings. The van der Waals surface area contributed by atoms with E-state index in [1.54, 1.807) is 12.0 Å². The van der Waals surface area contributed by atoms with Crippen molar-refractivity contribution < 1.29 is 19.1 Å². The first-order valence-electron chi connectivity index (χ1n) is 10.9. The van der Waals surface area contributed by atoms with Crippen molar-refractivity contribution in [1.82, 2.24) is 4.90 Å². The van der Waals surface area contributed by atoms with E-state index in [4.69, 9.17) is 9.47 Å². The van der Waals surface area contributed by atoms with Crippen LogP contribution in [0.1, 0.15) is 31.7 Å². The van der Waals surface area contributed by atoms with Gasteiger partial charge in [-0.3, -0.25) is 9.59 Å². The highest BCUT2D eigenvalue weighted by Crippen LogP contribution is 2.28. The summed E-state index contributed by atoms with van der Waals surface area (Å²) in [6.07, 6.45) is 0.857. The quantitative estimate of drug-likeness (QED) is 0.605. The van der Waals surface area contributed by atoms with Crippen LogP contribution in [-0.2, 0) is 14.3 Å². The van der Waals surface area contributed by atoms with Crippen molar-refractivity contribution in [1.29, 1.82) is 0 Å². The second kappa shape index (κ2) is 10.8. The molecule has 166 valence electrons. The molecule has 6 heteroatoms. The topological polar surface area (TPSA) is 59.1 Å². The van der Waals surface area contributed by atoms with Crippen LogP contribution in [0.15, 0.2) is 54.6 Å². The number of hydrogen-bond donors (Lipinski definition) is 0. The third kappa shape index (κ3) is 5.78.